The molecule has 1 aromatic heterocycles. The van der Waals surface area contributed by atoms with Crippen molar-refractivity contribution in [1.29, 1.82) is 0 Å². The van der Waals surface area contributed by atoms with Crippen LogP contribution in [0.3, 0.4) is 0 Å². The first-order valence-corrected chi connectivity index (χ1v) is 12.2. The highest BCUT2D eigenvalue weighted by atomic mass is 35.5. The Morgan fingerprint density at radius 1 is 1.16 bits per heavy atom. The molecule has 0 spiro atoms. The van der Waals surface area contributed by atoms with Crippen molar-refractivity contribution in [3.63, 3.8) is 0 Å². The average Bonchev–Trinajstić information content (AvgIpc) is 3.21. The van der Waals surface area contributed by atoms with Gasteiger partial charge in [-0.1, -0.05) is 49.2 Å². The fraction of sp³-hybridized carbons (Fsp3) is 0.261. The Labute approximate surface area is 195 Å². The lowest BCUT2D eigenvalue weighted by atomic mass is 10.2. The van der Waals surface area contributed by atoms with Gasteiger partial charge >= 0.3 is 0 Å². The van der Waals surface area contributed by atoms with Gasteiger partial charge < -0.3 is 10.6 Å². The SMILES string of the molecule is CCCCC(=O)Nc1cccc(SC(C)C(=O)Nc2nc(-c3ccccc3Cl)cs2)c1. The fourth-order valence-corrected chi connectivity index (χ4v) is 4.67. The average molecular weight is 474 g/mol. The number of unbranched alkanes of at least 4 members (excludes halogenated alkanes) is 1. The Bertz CT molecular complexity index is 1050. The monoisotopic (exact) mass is 473 g/mol. The molecule has 1 heterocycles. The molecule has 3 aromatic rings. The van der Waals surface area contributed by atoms with E-state index in [0.717, 1.165) is 34.7 Å². The summed E-state index contributed by atoms with van der Waals surface area (Å²) in [6, 6.07) is 15.0. The number of thioether (sulfide) groups is 1. The molecule has 0 fully saturated rings. The van der Waals surface area contributed by atoms with Crippen molar-refractivity contribution < 1.29 is 9.59 Å². The summed E-state index contributed by atoms with van der Waals surface area (Å²) in [5.41, 5.74) is 2.31. The van der Waals surface area contributed by atoms with E-state index in [0.29, 0.717) is 16.6 Å². The highest BCUT2D eigenvalue weighted by Crippen LogP contribution is 2.31. The second kappa shape index (κ2) is 11.3. The van der Waals surface area contributed by atoms with Crippen LogP contribution in [0.4, 0.5) is 10.8 Å². The summed E-state index contributed by atoms with van der Waals surface area (Å²) in [5.74, 6) is -0.129. The Kier molecular flexibility index (Phi) is 8.51. The van der Waals surface area contributed by atoms with Crippen molar-refractivity contribution in [2.75, 3.05) is 10.6 Å². The minimum atomic E-state index is -0.335. The summed E-state index contributed by atoms with van der Waals surface area (Å²) in [6.07, 6.45) is 2.36. The Morgan fingerprint density at radius 2 is 1.97 bits per heavy atom. The second-order valence-electron chi connectivity index (χ2n) is 6.95. The molecule has 3 rings (SSSR count). The molecule has 8 heteroatoms. The van der Waals surface area contributed by atoms with Gasteiger partial charge in [0.1, 0.15) is 0 Å². The maximum Gasteiger partial charge on any atom is 0.239 e. The summed E-state index contributed by atoms with van der Waals surface area (Å²) >= 11 is 9.02. The molecule has 2 aromatic carbocycles. The number of thiazole rings is 1. The van der Waals surface area contributed by atoms with Crippen molar-refractivity contribution in [3.8, 4) is 11.3 Å². The van der Waals surface area contributed by atoms with Gasteiger partial charge in [-0.3, -0.25) is 9.59 Å². The quantitative estimate of drug-likeness (QED) is 0.339. The normalized spacial score (nSPS) is 11.7. The van der Waals surface area contributed by atoms with E-state index in [1.807, 2.05) is 60.8 Å². The molecular formula is C23H24ClN3O2S2. The maximum absolute atomic E-state index is 12.6. The van der Waals surface area contributed by atoms with E-state index in [1.165, 1.54) is 23.1 Å². The van der Waals surface area contributed by atoms with E-state index < -0.39 is 0 Å². The number of nitrogens with zero attached hydrogens (tertiary/aromatic N) is 1. The van der Waals surface area contributed by atoms with Gasteiger partial charge in [-0.15, -0.1) is 23.1 Å². The van der Waals surface area contributed by atoms with E-state index >= 15 is 0 Å². The smallest absolute Gasteiger partial charge is 0.239 e. The molecule has 1 unspecified atom stereocenters. The first-order valence-electron chi connectivity index (χ1n) is 10.0. The summed E-state index contributed by atoms with van der Waals surface area (Å²) in [6.45, 7) is 3.90. The molecule has 31 heavy (non-hydrogen) atoms. The van der Waals surface area contributed by atoms with Crippen LogP contribution >= 0.6 is 34.7 Å². The van der Waals surface area contributed by atoms with Crippen molar-refractivity contribution in [2.24, 2.45) is 0 Å². The molecule has 0 saturated heterocycles. The molecule has 0 bridgehead atoms. The number of benzene rings is 2. The van der Waals surface area contributed by atoms with E-state index in [2.05, 4.69) is 22.5 Å². The lowest BCUT2D eigenvalue weighted by Gasteiger charge is -2.12. The zero-order valence-corrected chi connectivity index (χ0v) is 19.7. The molecule has 2 N–H and O–H groups in total. The molecule has 0 aliphatic heterocycles. The van der Waals surface area contributed by atoms with Gasteiger partial charge in [-0.25, -0.2) is 4.98 Å². The Balaban J connectivity index is 1.58. The molecule has 0 saturated carbocycles. The lowest BCUT2D eigenvalue weighted by Crippen LogP contribution is -2.22. The number of carbonyl (C=O) groups excluding carboxylic acids is 2. The van der Waals surface area contributed by atoms with E-state index in [9.17, 15) is 9.59 Å². The third kappa shape index (κ3) is 6.82. The van der Waals surface area contributed by atoms with Crippen LogP contribution in [0, 0.1) is 0 Å². The van der Waals surface area contributed by atoms with Gasteiger partial charge in [0.05, 0.1) is 10.9 Å². The van der Waals surface area contributed by atoms with Gasteiger partial charge in [0.15, 0.2) is 5.13 Å². The number of hydrogen-bond acceptors (Lipinski definition) is 5. The van der Waals surface area contributed by atoms with Crippen LogP contribution in [-0.4, -0.2) is 22.0 Å². The number of anilines is 2. The number of rotatable bonds is 9. The predicted molar refractivity (Wildman–Crippen MR) is 131 cm³/mol. The molecule has 162 valence electrons. The minimum Gasteiger partial charge on any atom is -0.326 e. The summed E-state index contributed by atoms with van der Waals surface area (Å²) in [7, 11) is 0. The number of halogens is 1. The zero-order valence-electron chi connectivity index (χ0n) is 17.4. The molecule has 5 nitrogen and oxygen atoms in total. The highest BCUT2D eigenvalue weighted by molar-refractivity contribution is 8.00. The van der Waals surface area contributed by atoms with Crippen molar-refractivity contribution in [1.82, 2.24) is 4.98 Å². The molecular weight excluding hydrogens is 450 g/mol. The first kappa shape index (κ1) is 23.3. The van der Waals surface area contributed by atoms with Crippen LogP contribution in [-0.2, 0) is 9.59 Å². The van der Waals surface area contributed by atoms with Gasteiger partial charge in [0.2, 0.25) is 11.8 Å². The second-order valence-corrected chi connectivity index (χ2v) is 9.63. The van der Waals surface area contributed by atoms with Crippen molar-refractivity contribution in [2.45, 2.75) is 43.3 Å². The van der Waals surface area contributed by atoms with E-state index in [4.69, 9.17) is 11.6 Å². The number of hydrogen-bond donors (Lipinski definition) is 2. The van der Waals surface area contributed by atoms with E-state index in [-0.39, 0.29) is 17.1 Å². The third-order valence-corrected chi connectivity index (χ3v) is 6.62. The first-order chi connectivity index (χ1) is 15.0. The van der Waals surface area contributed by atoms with Crippen LogP contribution in [0.15, 0.2) is 58.8 Å². The highest BCUT2D eigenvalue weighted by Gasteiger charge is 2.17. The van der Waals surface area contributed by atoms with Crippen molar-refractivity contribution >= 4 is 57.3 Å². The summed E-state index contributed by atoms with van der Waals surface area (Å²) < 4.78 is 0. The van der Waals surface area contributed by atoms with Crippen molar-refractivity contribution in [3.05, 3.63) is 58.9 Å². The Hall–Kier alpha value is -2.35. The van der Waals surface area contributed by atoms with Crippen LogP contribution in [0.2, 0.25) is 5.02 Å². The van der Waals surface area contributed by atoms with E-state index in [1.54, 1.807) is 0 Å². The number of carbonyl (C=O) groups is 2. The summed E-state index contributed by atoms with van der Waals surface area (Å²) in [5, 5.41) is 8.48. The van der Waals surface area contributed by atoms with Crippen LogP contribution in [0.5, 0.6) is 0 Å². The predicted octanol–water partition coefficient (Wildman–Crippen LogP) is 6.71. The topological polar surface area (TPSA) is 71.1 Å². The maximum atomic E-state index is 12.6. The van der Waals surface area contributed by atoms with Gasteiger partial charge in [0.25, 0.3) is 0 Å². The lowest BCUT2D eigenvalue weighted by molar-refractivity contribution is -0.116. The van der Waals surface area contributed by atoms with Crippen LogP contribution in [0.1, 0.15) is 33.1 Å². The number of nitrogens with one attached hydrogen (secondary N) is 2. The minimum absolute atomic E-state index is 0.00730. The zero-order chi connectivity index (χ0) is 22.2. The Morgan fingerprint density at radius 3 is 2.74 bits per heavy atom. The van der Waals surface area contributed by atoms with Gasteiger partial charge in [0, 0.05) is 33.0 Å². The molecule has 0 aliphatic rings. The summed E-state index contributed by atoms with van der Waals surface area (Å²) in [4.78, 5) is 30.0. The standard InChI is InChI=1S/C23H24ClN3O2S2/c1-3-4-12-21(28)25-16-8-7-9-17(13-16)31-15(2)22(29)27-23-26-20(14-30-23)18-10-5-6-11-19(18)24/h5-11,13-15H,3-4,12H2,1-2H3,(H,25,28)(H,26,27,29). The molecule has 2 amide bonds. The van der Waals surface area contributed by atoms with Crippen LogP contribution < -0.4 is 10.6 Å². The number of aromatic nitrogens is 1. The van der Waals surface area contributed by atoms with Gasteiger partial charge in [-0.2, -0.15) is 0 Å². The molecule has 0 aliphatic carbocycles. The van der Waals surface area contributed by atoms with Crippen LogP contribution in [0.25, 0.3) is 11.3 Å². The third-order valence-electron chi connectivity index (χ3n) is 4.44. The molecule has 1 atom stereocenters. The number of amides is 2. The fourth-order valence-electron chi connectivity index (χ4n) is 2.80. The largest absolute Gasteiger partial charge is 0.326 e. The van der Waals surface area contributed by atoms with Gasteiger partial charge in [-0.05, 0) is 37.6 Å². The molecule has 0 radical (unpaired) electrons.